The van der Waals surface area contributed by atoms with Crippen molar-refractivity contribution in [2.45, 2.75) is 64.7 Å². The molecule has 0 radical (unpaired) electrons. The van der Waals surface area contributed by atoms with Crippen LogP contribution in [0, 0.1) is 5.92 Å². The Morgan fingerprint density at radius 1 is 0.857 bits per heavy atom. The number of rotatable bonds is 5. The molecule has 3 fully saturated rings. The van der Waals surface area contributed by atoms with Gasteiger partial charge < -0.3 is 25.3 Å². The Morgan fingerprint density at radius 2 is 1.57 bits per heavy atom. The Kier molecular flexibility index (Phi) is 9.20. The zero-order chi connectivity index (χ0) is 29.9. The molecule has 10 heteroatoms. The van der Waals surface area contributed by atoms with Crippen LogP contribution in [-0.4, -0.2) is 89.7 Å². The highest BCUT2D eigenvalue weighted by Gasteiger charge is 2.29. The molecule has 2 aliphatic heterocycles. The summed E-state index contributed by atoms with van der Waals surface area (Å²) in [6, 6.07) is 7.61. The molecule has 0 spiro atoms. The number of aromatic nitrogens is 2. The van der Waals surface area contributed by atoms with Gasteiger partial charge >= 0.3 is 0 Å². The smallest absolute Gasteiger partial charge is 0.272 e. The number of hydrogen-bond donors (Lipinski definition) is 2. The lowest BCUT2D eigenvalue weighted by atomic mass is 9.88. The van der Waals surface area contributed by atoms with Gasteiger partial charge in [0.15, 0.2) is 0 Å². The Morgan fingerprint density at radius 3 is 2.26 bits per heavy atom. The van der Waals surface area contributed by atoms with E-state index < -0.39 is 0 Å². The predicted octanol–water partition coefficient (Wildman–Crippen LogP) is 3.63. The highest BCUT2D eigenvalue weighted by molar-refractivity contribution is 6.00. The van der Waals surface area contributed by atoms with Crippen molar-refractivity contribution >= 4 is 29.1 Å². The molecule has 42 heavy (non-hydrogen) atoms. The molecule has 5 rings (SSSR count). The van der Waals surface area contributed by atoms with Crippen LogP contribution in [-0.2, 0) is 17.3 Å². The van der Waals surface area contributed by atoms with Crippen LogP contribution in [0.15, 0.2) is 24.3 Å². The fourth-order valence-corrected chi connectivity index (χ4v) is 6.22. The first-order valence-corrected chi connectivity index (χ1v) is 15.7. The van der Waals surface area contributed by atoms with Crippen LogP contribution in [0.2, 0.25) is 0 Å². The molecule has 2 saturated heterocycles. The second kappa shape index (κ2) is 12.9. The lowest BCUT2D eigenvalue weighted by Crippen LogP contribution is -2.49. The molecule has 1 aliphatic carbocycles. The largest absolute Gasteiger partial charge is 0.366 e. The summed E-state index contributed by atoms with van der Waals surface area (Å²) in [5, 5.41) is 11.2. The summed E-state index contributed by atoms with van der Waals surface area (Å²) in [6.07, 6.45) is 6.09. The second-order valence-electron chi connectivity index (χ2n) is 13.0. The number of carbonyl (C=O) groups is 3. The highest BCUT2D eigenvalue weighted by atomic mass is 16.2. The third-order valence-corrected chi connectivity index (χ3v) is 8.88. The maximum absolute atomic E-state index is 13.4. The second-order valence-corrected chi connectivity index (χ2v) is 13.0. The molecule has 1 aromatic carbocycles. The van der Waals surface area contributed by atoms with Crippen molar-refractivity contribution in [2.75, 3.05) is 62.6 Å². The molecular weight excluding hydrogens is 530 g/mol. The van der Waals surface area contributed by atoms with E-state index in [9.17, 15) is 14.4 Å². The van der Waals surface area contributed by atoms with E-state index in [1.54, 1.807) is 4.68 Å². The lowest BCUT2D eigenvalue weighted by molar-refractivity contribution is -0.120. The fraction of sp³-hybridized carbons (Fsp3) is 0.625. The van der Waals surface area contributed by atoms with Gasteiger partial charge in [0.1, 0.15) is 5.69 Å². The molecule has 2 aromatic rings. The monoisotopic (exact) mass is 577 g/mol. The Labute approximate surface area is 249 Å². The first-order chi connectivity index (χ1) is 20.1. The van der Waals surface area contributed by atoms with Crippen molar-refractivity contribution in [1.82, 2.24) is 24.9 Å². The van der Waals surface area contributed by atoms with Gasteiger partial charge in [0.05, 0.1) is 17.1 Å². The molecule has 3 aliphatic rings. The molecule has 1 aromatic heterocycles. The number of nitrogens with zero attached hydrogens (tertiary/aromatic N) is 5. The maximum Gasteiger partial charge on any atom is 0.272 e. The molecule has 3 amide bonds. The van der Waals surface area contributed by atoms with Gasteiger partial charge in [0.25, 0.3) is 11.8 Å². The van der Waals surface area contributed by atoms with Gasteiger partial charge in [-0.15, -0.1) is 0 Å². The average Bonchev–Trinajstić information content (AvgIpc) is 3.20. The number of piperazine rings is 1. The van der Waals surface area contributed by atoms with Gasteiger partial charge in [-0.3, -0.25) is 19.1 Å². The van der Waals surface area contributed by atoms with Crippen LogP contribution in [0.4, 0.5) is 11.4 Å². The van der Waals surface area contributed by atoms with Crippen LogP contribution in [0.25, 0.3) is 0 Å². The van der Waals surface area contributed by atoms with Crippen molar-refractivity contribution in [3.05, 3.63) is 41.2 Å². The number of hydrogen-bond acceptors (Lipinski definition) is 6. The lowest BCUT2D eigenvalue weighted by Gasteiger charge is -2.37. The third kappa shape index (κ3) is 6.80. The minimum atomic E-state index is -0.134. The molecule has 0 unspecified atom stereocenters. The Bertz CT molecular complexity index is 1280. The van der Waals surface area contributed by atoms with Crippen LogP contribution >= 0.6 is 0 Å². The summed E-state index contributed by atoms with van der Waals surface area (Å²) >= 11 is 0. The normalized spacial score (nSPS) is 19.0. The van der Waals surface area contributed by atoms with E-state index >= 15 is 0 Å². The first-order valence-electron chi connectivity index (χ1n) is 15.7. The molecular formula is C32H47N7O3. The van der Waals surface area contributed by atoms with Crippen molar-refractivity contribution in [2.24, 2.45) is 13.0 Å². The van der Waals surface area contributed by atoms with Gasteiger partial charge in [0, 0.05) is 69.8 Å². The minimum Gasteiger partial charge on any atom is -0.366 e. The summed E-state index contributed by atoms with van der Waals surface area (Å²) in [7, 11) is 1.82. The van der Waals surface area contributed by atoms with Gasteiger partial charge in [0.2, 0.25) is 5.91 Å². The Hall–Kier alpha value is -3.40. The van der Waals surface area contributed by atoms with E-state index in [-0.39, 0.29) is 29.1 Å². The number of carbonyl (C=O) groups excluding carboxylic acids is 3. The SMILES string of the molecule is Cn1nc(C(C)(C)C)cc1C(=O)N1CCN(c2ccc(C(=O)N3CCCNCC3)cc2NC(=O)C2CCCCC2)CC1. The summed E-state index contributed by atoms with van der Waals surface area (Å²) in [5.41, 5.74) is 3.54. The highest BCUT2D eigenvalue weighted by Crippen LogP contribution is 2.32. The van der Waals surface area contributed by atoms with E-state index in [4.69, 9.17) is 0 Å². The van der Waals surface area contributed by atoms with Crippen LogP contribution < -0.4 is 15.5 Å². The zero-order valence-corrected chi connectivity index (χ0v) is 25.7. The fourth-order valence-electron chi connectivity index (χ4n) is 6.22. The standard InChI is InChI=1S/C32H47N7O3/c1-32(2,3)28-22-27(36(4)35-28)31(42)39-19-17-37(18-20-39)26-12-11-24(30(41)38-15-8-13-33-14-16-38)21-25(26)34-29(40)23-9-6-5-7-10-23/h11-12,21-23,33H,5-10,13-20H2,1-4H3,(H,34,40). The van der Waals surface area contributed by atoms with Crippen molar-refractivity contribution in [1.29, 1.82) is 0 Å². The summed E-state index contributed by atoms with van der Waals surface area (Å²) in [4.78, 5) is 46.2. The van der Waals surface area contributed by atoms with Gasteiger partial charge in [-0.05, 0) is 50.1 Å². The van der Waals surface area contributed by atoms with Crippen molar-refractivity contribution in [3.63, 3.8) is 0 Å². The van der Waals surface area contributed by atoms with E-state index in [1.807, 2.05) is 41.1 Å². The van der Waals surface area contributed by atoms with Crippen LogP contribution in [0.1, 0.15) is 85.8 Å². The summed E-state index contributed by atoms with van der Waals surface area (Å²) < 4.78 is 1.68. The Balaban J connectivity index is 1.33. The molecule has 228 valence electrons. The molecule has 2 N–H and O–H groups in total. The zero-order valence-electron chi connectivity index (χ0n) is 25.7. The topological polar surface area (TPSA) is 103 Å². The van der Waals surface area contributed by atoms with Crippen LogP contribution in [0.3, 0.4) is 0 Å². The predicted molar refractivity (Wildman–Crippen MR) is 165 cm³/mol. The van der Waals surface area contributed by atoms with E-state index in [1.165, 1.54) is 6.42 Å². The van der Waals surface area contributed by atoms with Crippen molar-refractivity contribution < 1.29 is 14.4 Å². The number of anilines is 2. The van der Waals surface area contributed by atoms with Crippen molar-refractivity contribution in [3.8, 4) is 0 Å². The average molecular weight is 578 g/mol. The number of amides is 3. The number of aryl methyl sites for hydroxylation is 1. The molecule has 1 saturated carbocycles. The number of benzene rings is 1. The quantitative estimate of drug-likeness (QED) is 0.563. The first kappa shape index (κ1) is 30.1. The maximum atomic E-state index is 13.4. The molecule has 3 heterocycles. The summed E-state index contributed by atoms with van der Waals surface area (Å²) in [6.45, 7) is 11.8. The number of nitrogens with one attached hydrogen (secondary N) is 2. The minimum absolute atomic E-state index is 0.000338. The molecule has 0 bridgehead atoms. The van der Waals surface area contributed by atoms with E-state index in [2.05, 4.69) is 41.4 Å². The van der Waals surface area contributed by atoms with Gasteiger partial charge in [-0.2, -0.15) is 5.10 Å². The van der Waals surface area contributed by atoms with Gasteiger partial charge in [-0.25, -0.2) is 0 Å². The summed E-state index contributed by atoms with van der Waals surface area (Å²) in [5.74, 6) is 0.0340. The van der Waals surface area contributed by atoms with Crippen LogP contribution in [0.5, 0.6) is 0 Å². The molecule has 10 nitrogen and oxygen atoms in total. The van der Waals surface area contributed by atoms with Gasteiger partial charge in [-0.1, -0.05) is 40.0 Å². The van der Waals surface area contributed by atoms with E-state index in [0.717, 1.165) is 63.1 Å². The third-order valence-electron chi connectivity index (χ3n) is 8.88. The molecule has 0 atom stereocenters. The van der Waals surface area contributed by atoms with E-state index in [0.29, 0.717) is 49.7 Å².